The van der Waals surface area contributed by atoms with Crippen molar-refractivity contribution in [3.63, 3.8) is 0 Å². The molecule has 0 fully saturated rings. The van der Waals surface area contributed by atoms with Gasteiger partial charge in [0.25, 0.3) is 0 Å². The maximum atomic E-state index is 13.1. The van der Waals surface area contributed by atoms with Crippen molar-refractivity contribution in [2.75, 3.05) is 0 Å². The number of aromatic nitrogens is 1. The van der Waals surface area contributed by atoms with Crippen molar-refractivity contribution in [2.24, 2.45) is 0 Å². The van der Waals surface area contributed by atoms with E-state index >= 15 is 0 Å². The summed E-state index contributed by atoms with van der Waals surface area (Å²) in [6, 6.07) is 29.1. The van der Waals surface area contributed by atoms with Gasteiger partial charge >= 0.3 is 0 Å². The summed E-state index contributed by atoms with van der Waals surface area (Å²) in [5, 5.41) is 2.32. The third kappa shape index (κ3) is 2.13. The molecular formula is C26H15NO2. The number of nitrogens with zero attached hydrogens (tertiary/aromatic N) is 1. The van der Waals surface area contributed by atoms with Crippen LogP contribution >= 0.6 is 0 Å². The molecule has 1 aliphatic rings. The smallest absolute Gasteiger partial charge is 0.194 e. The number of hydrogen-bond donors (Lipinski definition) is 0. The standard InChI is InChI=1S/C26H15NO2/c28-25-19-9-1-2-10-20(19)26(29)22-15-16(13-14-21(22)25)27-23-11-5-3-7-17(23)18-8-4-6-12-24(18)27/h1-15H. The molecule has 1 heterocycles. The van der Waals surface area contributed by atoms with E-state index in [4.69, 9.17) is 0 Å². The molecule has 0 saturated carbocycles. The highest BCUT2D eigenvalue weighted by Crippen LogP contribution is 2.34. The number of rotatable bonds is 1. The highest BCUT2D eigenvalue weighted by Gasteiger charge is 2.29. The molecule has 3 nitrogen and oxygen atoms in total. The van der Waals surface area contributed by atoms with Gasteiger partial charge in [0, 0.05) is 38.7 Å². The first-order chi connectivity index (χ1) is 14.2. The first kappa shape index (κ1) is 16.0. The number of ketones is 2. The topological polar surface area (TPSA) is 39.1 Å². The molecular weight excluding hydrogens is 358 g/mol. The predicted octanol–water partition coefficient (Wildman–Crippen LogP) is 5.56. The molecule has 29 heavy (non-hydrogen) atoms. The van der Waals surface area contributed by atoms with E-state index in [1.165, 1.54) is 0 Å². The lowest BCUT2D eigenvalue weighted by Gasteiger charge is -2.18. The molecule has 4 aromatic carbocycles. The van der Waals surface area contributed by atoms with Crippen molar-refractivity contribution in [1.82, 2.24) is 4.57 Å². The second-order valence-corrected chi connectivity index (χ2v) is 7.30. The van der Waals surface area contributed by atoms with Gasteiger partial charge in [-0.25, -0.2) is 0 Å². The van der Waals surface area contributed by atoms with E-state index in [-0.39, 0.29) is 11.6 Å². The van der Waals surface area contributed by atoms with Crippen LogP contribution in [0, 0.1) is 0 Å². The monoisotopic (exact) mass is 373 g/mol. The molecule has 0 bridgehead atoms. The van der Waals surface area contributed by atoms with Gasteiger partial charge in [0.1, 0.15) is 0 Å². The van der Waals surface area contributed by atoms with E-state index in [9.17, 15) is 9.59 Å². The van der Waals surface area contributed by atoms with Crippen LogP contribution in [-0.2, 0) is 0 Å². The molecule has 0 N–H and O–H groups in total. The van der Waals surface area contributed by atoms with Gasteiger partial charge in [-0.3, -0.25) is 9.59 Å². The van der Waals surface area contributed by atoms with Crippen molar-refractivity contribution in [3.8, 4) is 5.69 Å². The summed E-state index contributed by atoms with van der Waals surface area (Å²) in [7, 11) is 0. The molecule has 0 saturated heterocycles. The van der Waals surface area contributed by atoms with Gasteiger partial charge in [-0.1, -0.05) is 60.7 Å². The summed E-state index contributed by atoms with van der Waals surface area (Å²) in [5.74, 6) is -0.193. The first-order valence-electron chi connectivity index (χ1n) is 9.55. The zero-order chi connectivity index (χ0) is 19.5. The van der Waals surface area contributed by atoms with Crippen LogP contribution in [-0.4, -0.2) is 16.1 Å². The molecule has 0 radical (unpaired) electrons. The Labute approximate surface area is 166 Å². The second-order valence-electron chi connectivity index (χ2n) is 7.30. The van der Waals surface area contributed by atoms with E-state index in [1.807, 2.05) is 36.4 Å². The zero-order valence-corrected chi connectivity index (χ0v) is 15.4. The summed E-state index contributed by atoms with van der Waals surface area (Å²) < 4.78 is 2.16. The van der Waals surface area contributed by atoms with Gasteiger partial charge in [0.05, 0.1) is 11.0 Å². The van der Waals surface area contributed by atoms with Gasteiger partial charge in [-0.2, -0.15) is 0 Å². The Morgan fingerprint density at radius 3 is 1.59 bits per heavy atom. The highest BCUT2D eigenvalue weighted by atomic mass is 16.1. The lowest BCUT2D eigenvalue weighted by atomic mass is 9.84. The largest absolute Gasteiger partial charge is 0.309 e. The summed E-state index contributed by atoms with van der Waals surface area (Å²) in [6.07, 6.45) is 0. The summed E-state index contributed by atoms with van der Waals surface area (Å²) in [5.41, 5.74) is 4.92. The molecule has 0 unspecified atom stereocenters. The Bertz CT molecular complexity index is 1440. The summed E-state index contributed by atoms with van der Waals surface area (Å²) in [4.78, 5) is 26.1. The first-order valence-corrected chi connectivity index (χ1v) is 9.55. The van der Waals surface area contributed by atoms with E-state index in [0.29, 0.717) is 22.3 Å². The van der Waals surface area contributed by atoms with Gasteiger partial charge in [0.15, 0.2) is 11.6 Å². The Morgan fingerprint density at radius 2 is 0.966 bits per heavy atom. The number of carbonyl (C=O) groups is 2. The second kappa shape index (κ2) is 5.76. The number of para-hydroxylation sites is 2. The van der Waals surface area contributed by atoms with Crippen molar-refractivity contribution < 1.29 is 9.59 Å². The van der Waals surface area contributed by atoms with E-state index in [2.05, 4.69) is 28.8 Å². The lowest BCUT2D eigenvalue weighted by Crippen LogP contribution is -2.21. The fourth-order valence-electron chi connectivity index (χ4n) is 4.43. The van der Waals surface area contributed by atoms with Crippen molar-refractivity contribution in [2.45, 2.75) is 0 Å². The quantitative estimate of drug-likeness (QED) is 0.378. The maximum Gasteiger partial charge on any atom is 0.194 e. The van der Waals surface area contributed by atoms with Crippen LogP contribution in [0.1, 0.15) is 31.8 Å². The van der Waals surface area contributed by atoms with Crippen LogP contribution in [0.25, 0.3) is 27.5 Å². The SMILES string of the molecule is O=C1c2ccccc2C(=O)c2cc(-n3c4ccccc4c4ccccc43)ccc21. The van der Waals surface area contributed by atoms with Crippen LogP contribution < -0.4 is 0 Å². The summed E-state index contributed by atoms with van der Waals surface area (Å²) >= 11 is 0. The minimum Gasteiger partial charge on any atom is -0.309 e. The van der Waals surface area contributed by atoms with Gasteiger partial charge < -0.3 is 4.57 Å². The fourth-order valence-corrected chi connectivity index (χ4v) is 4.43. The predicted molar refractivity (Wildman–Crippen MR) is 114 cm³/mol. The Hall–Kier alpha value is -3.98. The van der Waals surface area contributed by atoms with Crippen LogP contribution in [0.15, 0.2) is 91.0 Å². The zero-order valence-electron chi connectivity index (χ0n) is 15.4. The average Bonchev–Trinajstić information content (AvgIpc) is 3.12. The molecule has 1 aliphatic carbocycles. The van der Waals surface area contributed by atoms with Crippen molar-refractivity contribution in [3.05, 3.63) is 113 Å². The van der Waals surface area contributed by atoms with Crippen molar-refractivity contribution in [1.29, 1.82) is 0 Å². The van der Waals surface area contributed by atoms with Gasteiger partial charge in [-0.05, 0) is 30.3 Å². The molecule has 0 atom stereocenters. The van der Waals surface area contributed by atoms with Gasteiger partial charge in [0.2, 0.25) is 0 Å². The number of hydrogen-bond acceptors (Lipinski definition) is 2. The summed E-state index contributed by atoms with van der Waals surface area (Å²) in [6.45, 7) is 0. The van der Waals surface area contributed by atoms with Crippen LogP contribution in [0.2, 0.25) is 0 Å². The molecule has 5 aromatic rings. The van der Waals surface area contributed by atoms with E-state index in [0.717, 1.165) is 27.5 Å². The molecule has 0 aliphatic heterocycles. The Balaban J connectivity index is 1.65. The normalized spacial score (nSPS) is 13.0. The maximum absolute atomic E-state index is 13.1. The average molecular weight is 373 g/mol. The third-order valence-corrected chi connectivity index (χ3v) is 5.75. The molecule has 3 heteroatoms. The number of carbonyl (C=O) groups excluding carboxylic acids is 2. The molecule has 136 valence electrons. The number of benzene rings is 4. The minimum atomic E-state index is -0.0992. The lowest BCUT2D eigenvalue weighted by molar-refractivity contribution is 0.0979. The van der Waals surface area contributed by atoms with Crippen molar-refractivity contribution >= 4 is 33.4 Å². The van der Waals surface area contributed by atoms with Crippen LogP contribution in [0.3, 0.4) is 0 Å². The molecule has 0 amide bonds. The van der Waals surface area contributed by atoms with Gasteiger partial charge in [-0.15, -0.1) is 0 Å². The Morgan fingerprint density at radius 1 is 0.483 bits per heavy atom. The molecule has 1 aromatic heterocycles. The van der Waals surface area contributed by atoms with Crippen LogP contribution in [0.4, 0.5) is 0 Å². The molecule has 0 spiro atoms. The molecule has 6 rings (SSSR count). The van der Waals surface area contributed by atoms with E-state index in [1.54, 1.807) is 30.3 Å². The highest BCUT2D eigenvalue weighted by molar-refractivity contribution is 6.28. The van der Waals surface area contributed by atoms with Crippen LogP contribution in [0.5, 0.6) is 0 Å². The minimum absolute atomic E-state index is 0.0935. The fraction of sp³-hybridized carbons (Fsp3) is 0. The number of fused-ring (bicyclic) bond motifs is 5. The Kier molecular flexibility index (Phi) is 3.18. The third-order valence-electron chi connectivity index (χ3n) is 5.75. The van der Waals surface area contributed by atoms with E-state index < -0.39 is 0 Å².